The third-order valence-electron chi connectivity index (χ3n) is 2.16. The average Bonchev–Trinajstić information content (AvgIpc) is 3.04. The maximum Gasteiger partial charge on any atom is 0.433 e. The van der Waals surface area contributed by atoms with Crippen LogP contribution >= 0.6 is 27.3 Å². The number of furan rings is 1. The number of esters is 1. The third-order valence-corrected chi connectivity index (χ3v) is 3.82. The number of rotatable bonds is 5. The molecule has 0 bridgehead atoms. The summed E-state index contributed by atoms with van der Waals surface area (Å²) in [5, 5.41) is 10.4. The van der Waals surface area contributed by atoms with Gasteiger partial charge in [-0.2, -0.15) is 0 Å². The molecule has 0 aliphatic rings. The number of hydrogen-bond donors (Lipinski definition) is 0. The lowest BCUT2D eigenvalue weighted by Gasteiger charge is -2.00. The molecule has 0 amide bonds. The molecule has 0 aromatic carbocycles. The lowest BCUT2D eigenvalue weighted by atomic mass is 10.3. The Balaban J connectivity index is 1.94. The van der Waals surface area contributed by atoms with E-state index in [1.165, 1.54) is 11.3 Å². The second-order valence-electron chi connectivity index (χ2n) is 3.50. The minimum Gasteiger partial charge on any atom is -0.451 e. The lowest BCUT2D eigenvalue weighted by Crippen LogP contribution is -2.12. The Bertz CT molecular complexity index is 676. The SMILES string of the molecule is O=C(OCC(=O)c1ccc(Br)s1)c1ccc([N+](=O)[O-])o1. The highest BCUT2D eigenvalue weighted by atomic mass is 79.9. The van der Waals surface area contributed by atoms with Crippen LogP contribution in [0.4, 0.5) is 5.88 Å². The molecule has 2 rings (SSSR count). The summed E-state index contributed by atoms with van der Waals surface area (Å²) in [6.07, 6.45) is 0. The summed E-state index contributed by atoms with van der Waals surface area (Å²) < 4.78 is 10.2. The first kappa shape index (κ1) is 14.4. The van der Waals surface area contributed by atoms with E-state index >= 15 is 0 Å². The van der Waals surface area contributed by atoms with E-state index in [0.29, 0.717) is 4.88 Å². The molecule has 0 unspecified atom stereocenters. The van der Waals surface area contributed by atoms with Crippen LogP contribution in [0.3, 0.4) is 0 Å². The van der Waals surface area contributed by atoms with Gasteiger partial charge in [-0.05, 0) is 34.1 Å². The van der Waals surface area contributed by atoms with Crippen molar-refractivity contribution in [3.8, 4) is 0 Å². The van der Waals surface area contributed by atoms with Crippen LogP contribution < -0.4 is 0 Å². The van der Waals surface area contributed by atoms with Crippen molar-refractivity contribution < 1.29 is 23.7 Å². The molecule has 0 aliphatic carbocycles. The van der Waals surface area contributed by atoms with E-state index in [4.69, 9.17) is 4.74 Å². The van der Waals surface area contributed by atoms with Gasteiger partial charge in [0.1, 0.15) is 4.92 Å². The Morgan fingerprint density at radius 2 is 2.10 bits per heavy atom. The molecule has 104 valence electrons. The number of carbonyl (C=O) groups excluding carboxylic acids is 2. The van der Waals surface area contributed by atoms with Crippen molar-refractivity contribution in [2.75, 3.05) is 6.61 Å². The van der Waals surface area contributed by atoms with Crippen molar-refractivity contribution in [3.05, 3.63) is 48.8 Å². The summed E-state index contributed by atoms with van der Waals surface area (Å²) in [6.45, 7) is -0.458. The maximum absolute atomic E-state index is 11.7. The van der Waals surface area contributed by atoms with Crippen LogP contribution in [0, 0.1) is 10.1 Å². The number of nitrogens with zero attached hydrogens (tertiary/aromatic N) is 1. The molecular formula is C11H6BrNO6S. The predicted octanol–water partition coefficient (Wildman–Crippen LogP) is 3.05. The normalized spacial score (nSPS) is 10.2. The Morgan fingerprint density at radius 3 is 2.65 bits per heavy atom. The predicted molar refractivity (Wildman–Crippen MR) is 72.0 cm³/mol. The number of hydrogen-bond acceptors (Lipinski definition) is 7. The highest BCUT2D eigenvalue weighted by molar-refractivity contribution is 9.11. The Hall–Kier alpha value is -2.00. The fourth-order valence-electron chi connectivity index (χ4n) is 1.27. The minimum absolute atomic E-state index is 0.322. The van der Waals surface area contributed by atoms with E-state index < -0.39 is 23.4 Å². The van der Waals surface area contributed by atoms with Gasteiger partial charge < -0.3 is 9.15 Å². The number of Topliss-reactive ketones (excluding diaryl/α,β-unsaturated/α-hetero) is 1. The molecular weight excluding hydrogens is 354 g/mol. The molecule has 0 fully saturated rings. The molecule has 0 N–H and O–H groups in total. The van der Waals surface area contributed by atoms with Crippen LogP contribution in [0.1, 0.15) is 20.2 Å². The molecule has 2 aromatic rings. The first-order valence-electron chi connectivity index (χ1n) is 5.17. The monoisotopic (exact) mass is 359 g/mol. The van der Waals surface area contributed by atoms with E-state index in [1.807, 2.05) is 0 Å². The van der Waals surface area contributed by atoms with Crippen molar-refractivity contribution in [2.24, 2.45) is 0 Å². The largest absolute Gasteiger partial charge is 0.451 e. The number of nitro groups is 1. The van der Waals surface area contributed by atoms with Crippen LogP contribution in [0.2, 0.25) is 0 Å². The van der Waals surface area contributed by atoms with E-state index in [-0.39, 0.29) is 11.5 Å². The average molecular weight is 360 g/mol. The zero-order valence-electron chi connectivity index (χ0n) is 9.70. The zero-order valence-corrected chi connectivity index (χ0v) is 12.1. The second kappa shape index (κ2) is 5.97. The number of ketones is 1. The quantitative estimate of drug-likeness (QED) is 0.352. The molecule has 0 aliphatic heterocycles. The summed E-state index contributed by atoms with van der Waals surface area (Å²) >= 11 is 4.43. The van der Waals surface area contributed by atoms with E-state index in [2.05, 4.69) is 20.3 Å². The van der Waals surface area contributed by atoms with Gasteiger partial charge >= 0.3 is 11.9 Å². The highest BCUT2D eigenvalue weighted by Crippen LogP contribution is 2.22. The first-order chi connectivity index (χ1) is 9.47. The summed E-state index contributed by atoms with van der Waals surface area (Å²) in [6, 6.07) is 5.46. The van der Waals surface area contributed by atoms with Gasteiger partial charge in [0.05, 0.1) is 14.7 Å². The van der Waals surface area contributed by atoms with Crippen molar-refractivity contribution in [2.45, 2.75) is 0 Å². The van der Waals surface area contributed by atoms with E-state index in [9.17, 15) is 19.7 Å². The van der Waals surface area contributed by atoms with Gasteiger partial charge in [-0.1, -0.05) is 0 Å². The molecule has 0 saturated heterocycles. The number of carbonyl (C=O) groups is 2. The van der Waals surface area contributed by atoms with Crippen LogP contribution in [0.15, 0.2) is 32.5 Å². The van der Waals surface area contributed by atoms with Gasteiger partial charge in [0, 0.05) is 0 Å². The molecule has 9 heteroatoms. The summed E-state index contributed by atoms with van der Waals surface area (Å²) in [4.78, 5) is 33.3. The van der Waals surface area contributed by atoms with Crippen molar-refractivity contribution in [1.29, 1.82) is 0 Å². The zero-order chi connectivity index (χ0) is 14.7. The highest BCUT2D eigenvalue weighted by Gasteiger charge is 2.20. The molecule has 0 atom stereocenters. The van der Waals surface area contributed by atoms with Crippen molar-refractivity contribution in [1.82, 2.24) is 0 Å². The molecule has 0 spiro atoms. The van der Waals surface area contributed by atoms with Crippen molar-refractivity contribution >= 4 is 44.9 Å². The fourth-order valence-corrected chi connectivity index (χ4v) is 2.58. The van der Waals surface area contributed by atoms with Crippen LogP contribution in [-0.4, -0.2) is 23.3 Å². The Kier molecular flexibility index (Phi) is 4.30. The number of thiophene rings is 1. The topological polar surface area (TPSA) is 99.7 Å². The standard InChI is InChI=1S/C11H6BrNO6S/c12-9-3-2-8(20-9)6(14)5-18-11(15)7-1-4-10(19-7)13(16)17/h1-4H,5H2. The lowest BCUT2D eigenvalue weighted by molar-refractivity contribution is -0.402. The molecule has 20 heavy (non-hydrogen) atoms. The van der Waals surface area contributed by atoms with Gasteiger partial charge in [0.2, 0.25) is 11.5 Å². The molecule has 2 heterocycles. The van der Waals surface area contributed by atoms with Gasteiger partial charge in [-0.3, -0.25) is 14.9 Å². The minimum atomic E-state index is -0.929. The number of ether oxygens (including phenoxy) is 1. The molecule has 0 saturated carbocycles. The smallest absolute Gasteiger partial charge is 0.433 e. The molecule has 2 aromatic heterocycles. The Morgan fingerprint density at radius 1 is 1.35 bits per heavy atom. The maximum atomic E-state index is 11.7. The molecule has 7 nitrogen and oxygen atoms in total. The van der Waals surface area contributed by atoms with Gasteiger partial charge in [-0.25, -0.2) is 4.79 Å². The van der Waals surface area contributed by atoms with Crippen molar-refractivity contribution in [3.63, 3.8) is 0 Å². The van der Waals surface area contributed by atoms with E-state index in [1.54, 1.807) is 12.1 Å². The summed E-state index contributed by atoms with van der Waals surface area (Å²) in [5.74, 6) is -2.18. The van der Waals surface area contributed by atoms with Gasteiger partial charge in [0.25, 0.3) is 0 Å². The van der Waals surface area contributed by atoms with Crippen LogP contribution in [0.25, 0.3) is 0 Å². The van der Waals surface area contributed by atoms with Crippen LogP contribution in [-0.2, 0) is 4.74 Å². The van der Waals surface area contributed by atoms with Crippen LogP contribution in [0.5, 0.6) is 0 Å². The van der Waals surface area contributed by atoms with Gasteiger partial charge in [-0.15, -0.1) is 11.3 Å². The first-order valence-corrected chi connectivity index (χ1v) is 6.78. The third kappa shape index (κ3) is 3.31. The second-order valence-corrected chi connectivity index (χ2v) is 5.96. The molecule has 0 radical (unpaired) electrons. The number of halogens is 1. The summed E-state index contributed by atoms with van der Waals surface area (Å²) in [7, 11) is 0. The Labute approximate surface area is 124 Å². The summed E-state index contributed by atoms with van der Waals surface area (Å²) in [5.41, 5.74) is 0. The van der Waals surface area contributed by atoms with E-state index in [0.717, 1.165) is 15.9 Å². The fraction of sp³-hybridized carbons (Fsp3) is 0.0909. The van der Waals surface area contributed by atoms with Gasteiger partial charge in [0.15, 0.2) is 6.61 Å².